The SMILES string of the molecule is COc1cc(C)c(CN(C)C(=O)Cc2csc(-n3c(C)ccc3C)n2)cc1OC. The molecule has 0 saturated carbocycles. The van der Waals surface area contributed by atoms with Crippen LogP contribution < -0.4 is 9.47 Å². The summed E-state index contributed by atoms with van der Waals surface area (Å²) in [7, 11) is 5.04. The predicted octanol–water partition coefficient (Wildman–Crippen LogP) is 4.08. The van der Waals surface area contributed by atoms with Crippen molar-refractivity contribution < 1.29 is 14.3 Å². The second-order valence-electron chi connectivity index (χ2n) is 7.13. The Morgan fingerprint density at radius 3 is 2.34 bits per heavy atom. The average molecular weight is 414 g/mol. The molecule has 0 bridgehead atoms. The van der Waals surface area contributed by atoms with Gasteiger partial charge in [-0.15, -0.1) is 11.3 Å². The van der Waals surface area contributed by atoms with Gasteiger partial charge in [0, 0.05) is 30.4 Å². The lowest BCUT2D eigenvalue weighted by Crippen LogP contribution is -2.28. The summed E-state index contributed by atoms with van der Waals surface area (Å²) in [5, 5.41) is 2.85. The van der Waals surface area contributed by atoms with Gasteiger partial charge in [0.1, 0.15) is 0 Å². The van der Waals surface area contributed by atoms with Crippen LogP contribution in [0.1, 0.15) is 28.2 Å². The number of carbonyl (C=O) groups is 1. The lowest BCUT2D eigenvalue weighted by molar-refractivity contribution is -0.129. The number of amides is 1. The molecular weight excluding hydrogens is 386 g/mol. The van der Waals surface area contributed by atoms with Crippen molar-refractivity contribution in [2.75, 3.05) is 21.3 Å². The first-order valence-electron chi connectivity index (χ1n) is 9.39. The van der Waals surface area contributed by atoms with Crippen molar-refractivity contribution in [3.8, 4) is 16.6 Å². The zero-order valence-corrected chi connectivity index (χ0v) is 18.6. The van der Waals surface area contributed by atoms with Gasteiger partial charge in [0.05, 0.1) is 26.3 Å². The molecule has 0 saturated heterocycles. The molecule has 0 atom stereocenters. The molecule has 3 rings (SSSR count). The van der Waals surface area contributed by atoms with Crippen LogP contribution in [-0.4, -0.2) is 41.6 Å². The second kappa shape index (κ2) is 8.69. The van der Waals surface area contributed by atoms with Crippen molar-refractivity contribution in [3.63, 3.8) is 0 Å². The van der Waals surface area contributed by atoms with E-state index in [4.69, 9.17) is 9.47 Å². The number of hydrogen-bond acceptors (Lipinski definition) is 5. The van der Waals surface area contributed by atoms with Crippen molar-refractivity contribution in [1.82, 2.24) is 14.5 Å². The average Bonchev–Trinajstić information content (AvgIpc) is 3.28. The number of likely N-dealkylation sites (N-methyl/N-ethyl adjacent to an activating group) is 1. The van der Waals surface area contributed by atoms with Gasteiger partial charge >= 0.3 is 0 Å². The molecule has 3 aromatic rings. The molecule has 0 fully saturated rings. The van der Waals surface area contributed by atoms with Gasteiger partial charge in [-0.1, -0.05) is 0 Å². The highest BCUT2D eigenvalue weighted by Gasteiger charge is 2.16. The first-order chi connectivity index (χ1) is 13.8. The van der Waals surface area contributed by atoms with E-state index in [1.54, 1.807) is 30.5 Å². The molecule has 0 N–H and O–H groups in total. The van der Waals surface area contributed by atoms with Gasteiger partial charge in [0.25, 0.3) is 0 Å². The molecule has 0 unspecified atom stereocenters. The largest absolute Gasteiger partial charge is 0.493 e. The van der Waals surface area contributed by atoms with E-state index in [0.29, 0.717) is 18.0 Å². The summed E-state index contributed by atoms with van der Waals surface area (Å²) in [6.07, 6.45) is 0.276. The minimum atomic E-state index is 0.0250. The molecule has 2 aromatic heterocycles. The Morgan fingerprint density at radius 2 is 1.72 bits per heavy atom. The van der Waals surface area contributed by atoms with Crippen LogP contribution in [0.25, 0.3) is 5.13 Å². The third-order valence-electron chi connectivity index (χ3n) is 5.01. The van der Waals surface area contributed by atoms with Crippen molar-refractivity contribution in [2.45, 2.75) is 33.7 Å². The Morgan fingerprint density at radius 1 is 1.10 bits per heavy atom. The minimum absolute atomic E-state index is 0.0250. The van der Waals surface area contributed by atoms with E-state index >= 15 is 0 Å². The van der Waals surface area contributed by atoms with Crippen LogP contribution in [0.4, 0.5) is 0 Å². The quantitative estimate of drug-likeness (QED) is 0.586. The summed E-state index contributed by atoms with van der Waals surface area (Å²) in [4.78, 5) is 19.2. The number of nitrogens with zero attached hydrogens (tertiary/aromatic N) is 3. The topological polar surface area (TPSA) is 56.6 Å². The van der Waals surface area contributed by atoms with Crippen LogP contribution in [0.2, 0.25) is 0 Å². The molecule has 154 valence electrons. The number of ether oxygens (including phenoxy) is 2. The van der Waals surface area contributed by atoms with Crippen molar-refractivity contribution in [2.24, 2.45) is 0 Å². The molecular formula is C22H27N3O3S. The lowest BCUT2D eigenvalue weighted by atomic mass is 10.1. The van der Waals surface area contributed by atoms with Crippen LogP contribution in [0.15, 0.2) is 29.6 Å². The number of benzene rings is 1. The minimum Gasteiger partial charge on any atom is -0.493 e. The van der Waals surface area contributed by atoms with Crippen LogP contribution >= 0.6 is 11.3 Å². The monoisotopic (exact) mass is 413 g/mol. The smallest absolute Gasteiger partial charge is 0.228 e. The highest BCUT2D eigenvalue weighted by Crippen LogP contribution is 2.30. The maximum atomic E-state index is 12.8. The first kappa shape index (κ1) is 20.9. The summed E-state index contributed by atoms with van der Waals surface area (Å²) < 4.78 is 12.8. The maximum Gasteiger partial charge on any atom is 0.228 e. The molecule has 6 nitrogen and oxygen atoms in total. The van der Waals surface area contributed by atoms with Crippen molar-refractivity contribution in [1.29, 1.82) is 0 Å². The van der Waals surface area contributed by atoms with E-state index in [-0.39, 0.29) is 12.3 Å². The Hall–Kier alpha value is -2.80. The van der Waals surface area contributed by atoms with Gasteiger partial charge in [-0.2, -0.15) is 0 Å². The van der Waals surface area contributed by atoms with Crippen molar-refractivity contribution >= 4 is 17.2 Å². The molecule has 0 spiro atoms. The van der Waals surface area contributed by atoms with E-state index in [2.05, 4.69) is 35.5 Å². The molecule has 0 radical (unpaired) electrons. The molecule has 0 aliphatic rings. The zero-order chi connectivity index (χ0) is 21.1. The third-order valence-corrected chi connectivity index (χ3v) is 5.88. The summed E-state index contributed by atoms with van der Waals surface area (Å²) in [6.45, 7) is 6.61. The number of carbonyl (C=O) groups excluding carboxylic acids is 1. The Labute approximate surface area is 175 Å². The normalized spacial score (nSPS) is 10.8. The maximum absolute atomic E-state index is 12.8. The van der Waals surface area contributed by atoms with Gasteiger partial charge in [0.15, 0.2) is 16.6 Å². The predicted molar refractivity (Wildman–Crippen MR) is 115 cm³/mol. The van der Waals surface area contributed by atoms with Gasteiger partial charge in [-0.05, 0) is 56.2 Å². The van der Waals surface area contributed by atoms with E-state index in [1.165, 1.54) is 0 Å². The molecule has 29 heavy (non-hydrogen) atoms. The summed E-state index contributed by atoms with van der Waals surface area (Å²) in [5.41, 5.74) is 5.14. The van der Waals surface area contributed by atoms with E-state index < -0.39 is 0 Å². The summed E-state index contributed by atoms with van der Waals surface area (Å²) in [6, 6.07) is 8.00. The Balaban J connectivity index is 1.70. The standard InChI is InChI=1S/C22H27N3O3S/c1-14-9-19(27-5)20(28-6)10-17(14)12-24(4)21(26)11-18-13-29-22(23-18)25-15(2)7-8-16(25)3/h7-10,13H,11-12H2,1-6H3. The van der Waals surface area contributed by atoms with E-state index in [9.17, 15) is 4.79 Å². The van der Waals surface area contributed by atoms with Gasteiger partial charge in [0.2, 0.25) is 5.91 Å². The number of aromatic nitrogens is 2. The number of rotatable bonds is 7. The molecule has 0 aliphatic heterocycles. The number of methoxy groups -OCH3 is 2. The number of aryl methyl sites for hydroxylation is 3. The Kier molecular flexibility index (Phi) is 6.27. The van der Waals surface area contributed by atoms with Crippen LogP contribution in [-0.2, 0) is 17.8 Å². The van der Waals surface area contributed by atoms with Crippen LogP contribution in [0, 0.1) is 20.8 Å². The molecule has 7 heteroatoms. The van der Waals surface area contributed by atoms with Gasteiger partial charge < -0.3 is 14.4 Å². The summed E-state index contributed by atoms with van der Waals surface area (Å²) >= 11 is 1.56. The van der Waals surface area contributed by atoms with E-state index in [1.807, 2.05) is 31.5 Å². The lowest BCUT2D eigenvalue weighted by Gasteiger charge is -2.19. The number of hydrogen-bond donors (Lipinski definition) is 0. The van der Waals surface area contributed by atoms with Gasteiger partial charge in [-0.3, -0.25) is 9.36 Å². The number of thiazole rings is 1. The highest BCUT2D eigenvalue weighted by atomic mass is 32.1. The van der Waals surface area contributed by atoms with Crippen LogP contribution in [0.3, 0.4) is 0 Å². The highest BCUT2D eigenvalue weighted by molar-refractivity contribution is 7.12. The fraction of sp³-hybridized carbons (Fsp3) is 0.364. The molecule has 0 aliphatic carbocycles. The second-order valence-corrected chi connectivity index (χ2v) is 7.97. The van der Waals surface area contributed by atoms with Gasteiger partial charge in [-0.25, -0.2) is 4.98 Å². The first-order valence-corrected chi connectivity index (χ1v) is 10.3. The fourth-order valence-electron chi connectivity index (χ4n) is 3.28. The van der Waals surface area contributed by atoms with Crippen LogP contribution in [0.5, 0.6) is 11.5 Å². The third kappa shape index (κ3) is 4.45. The summed E-state index contributed by atoms with van der Waals surface area (Å²) in [5.74, 6) is 1.38. The fourth-order valence-corrected chi connectivity index (χ4v) is 4.22. The molecule has 1 aromatic carbocycles. The molecule has 2 heterocycles. The Bertz CT molecular complexity index is 1000. The van der Waals surface area contributed by atoms with E-state index in [0.717, 1.165) is 33.3 Å². The molecule has 1 amide bonds. The van der Waals surface area contributed by atoms with Crippen molar-refractivity contribution in [3.05, 3.63) is 57.9 Å². The zero-order valence-electron chi connectivity index (χ0n) is 17.8.